The van der Waals surface area contributed by atoms with Crippen LogP contribution in [0.5, 0.6) is 0 Å². The predicted molar refractivity (Wildman–Crippen MR) is 103 cm³/mol. The van der Waals surface area contributed by atoms with Crippen molar-refractivity contribution in [3.8, 4) is 20.9 Å². The van der Waals surface area contributed by atoms with E-state index in [0.717, 1.165) is 20.9 Å². The van der Waals surface area contributed by atoms with Crippen molar-refractivity contribution in [2.75, 3.05) is 0 Å². The van der Waals surface area contributed by atoms with Crippen LogP contribution < -0.4 is 0 Å². The Bertz CT molecular complexity index is 974. The fourth-order valence-corrected chi connectivity index (χ4v) is 4.58. The minimum Gasteiger partial charge on any atom is -0.287 e. The van der Waals surface area contributed by atoms with Gasteiger partial charge in [0.2, 0.25) is 5.78 Å². The molecule has 0 aliphatic heterocycles. The van der Waals surface area contributed by atoms with Gasteiger partial charge in [-0.2, -0.15) is 0 Å². The van der Waals surface area contributed by atoms with Crippen molar-refractivity contribution in [1.29, 1.82) is 0 Å². The second-order valence-electron chi connectivity index (χ2n) is 5.67. The molecule has 0 fully saturated rings. The highest BCUT2D eigenvalue weighted by Crippen LogP contribution is 2.33. The van der Waals surface area contributed by atoms with E-state index in [1.807, 2.05) is 12.1 Å². The normalized spacial score (nSPS) is 10.8. The number of hydrogen-bond donors (Lipinski definition) is 0. The first-order valence-corrected chi connectivity index (χ1v) is 9.50. The topological polar surface area (TPSA) is 17.1 Å². The van der Waals surface area contributed by atoms with E-state index >= 15 is 0 Å². The Kier molecular flexibility index (Phi) is 4.49. The molecule has 0 aliphatic carbocycles. The van der Waals surface area contributed by atoms with Gasteiger partial charge in [-0.3, -0.25) is 4.79 Å². The molecule has 0 saturated carbocycles. The van der Waals surface area contributed by atoms with E-state index in [0.29, 0.717) is 9.75 Å². The van der Waals surface area contributed by atoms with Gasteiger partial charge >= 0.3 is 0 Å². The van der Waals surface area contributed by atoms with Gasteiger partial charge in [0.1, 0.15) is 11.6 Å². The van der Waals surface area contributed by atoms with Crippen LogP contribution in [0.3, 0.4) is 0 Å². The van der Waals surface area contributed by atoms with Crippen LogP contribution >= 0.6 is 22.7 Å². The molecule has 2 aromatic carbocycles. The lowest BCUT2D eigenvalue weighted by Crippen LogP contribution is -1.93. The van der Waals surface area contributed by atoms with Gasteiger partial charge in [-0.05, 0) is 59.7 Å². The van der Waals surface area contributed by atoms with Crippen LogP contribution in [0.15, 0.2) is 72.8 Å². The molecule has 4 rings (SSSR count). The highest BCUT2D eigenvalue weighted by atomic mass is 32.1. The maximum atomic E-state index is 13.1. The molecule has 0 saturated heterocycles. The smallest absolute Gasteiger partial charge is 0.212 e. The van der Waals surface area contributed by atoms with Crippen molar-refractivity contribution >= 4 is 28.5 Å². The number of carbonyl (C=O) groups excluding carboxylic acids is 1. The molecule has 0 spiro atoms. The van der Waals surface area contributed by atoms with E-state index < -0.39 is 0 Å². The minimum atomic E-state index is -0.284. The minimum absolute atomic E-state index is 0.0401. The monoisotopic (exact) mass is 382 g/mol. The first kappa shape index (κ1) is 16.8. The molecule has 4 aromatic rings. The van der Waals surface area contributed by atoms with E-state index in [4.69, 9.17) is 0 Å². The first-order chi connectivity index (χ1) is 12.6. The average molecular weight is 382 g/mol. The molecule has 1 nitrogen and oxygen atoms in total. The third-order valence-electron chi connectivity index (χ3n) is 3.92. The molecule has 0 unspecified atom stereocenters. The Morgan fingerprint density at radius 3 is 1.35 bits per heavy atom. The molecule has 0 amide bonds. The summed E-state index contributed by atoms with van der Waals surface area (Å²) in [5, 5.41) is 0. The van der Waals surface area contributed by atoms with E-state index in [9.17, 15) is 13.6 Å². The van der Waals surface area contributed by atoms with Crippen LogP contribution in [0.2, 0.25) is 0 Å². The zero-order chi connectivity index (χ0) is 18.1. The fourth-order valence-electron chi connectivity index (χ4n) is 2.58. The summed E-state index contributed by atoms with van der Waals surface area (Å²) in [6.45, 7) is 0. The molecule has 5 heteroatoms. The van der Waals surface area contributed by atoms with Crippen LogP contribution in [0.25, 0.3) is 20.9 Å². The van der Waals surface area contributed by atoms with Gasteiger partial charge in [-0.25, -0.2) is 8.78 Å². The zero-order valence-corrected chi connectivity index (χ0v) is 15.0. The van der Waals surface area contributed by atoms with Gasteiger partial charge < -0.3 is 0 Å². The SMILES string of the molecule is O=C(c1ccc(-c2ccc(F)cc2)s1)c1ccc(-c2ccc(F)cc2)s1. The van der Waals surface area contributed by atoms with E-state index in [1.165, 1.54) is 46.9 Å². The predicted octanol–water partition coefficient (Wildman–Crippen LogP) is 6.65. The maximum Gasteiger partial charge on any atom is 0.212 e. The third-order valence-corrected chi connectivity index (χ3v) is 6.18. The summed E-state index contributed by atoms with van der Waals surface area (Å²) < 4.78 is 26.1. The maximum absolute atomic E-state index is 13.1. The van der Waals surface area contributed by atoms with Crippen LogP contribution in [-0.2, 0) is 0 Å². The summed E-state index contributed by atoms with van der Waals surface area (Å²) in [6, 6.07) is 19.8. The van der Waals surface area contributed by atoms with Gasteiger partial charge in [-0.1, -0.05) is 24.3 Å². The summed E-state index contributed by atoms with van der Waals surface area (Å²) in [6.07, 6.45) is 0. The molecule has 0 aliphatic rings. The molecule has 128 valence electrons. The van der Waals surface area contributed by atoms with Crippen molar-refractivity contribution < 1.29 is 13.6 Å². The van der Waals surface area contributed by atoms with Crippen molar-refractivity contribution in [3.63, 3.8) is 0 Å². The second-order valence-corrected chi connectivity index (χ2v) is 7.84. The van der Waals surface area contributed by atoms with E-state index in [2.05, 4.69) is 0 Å². The van der Waals surface area contributed by atoms with Crippen LogP contribution in [-0.4, -0.2) is 5.78 Å². The van der Waals surface area contributed by atoms with Crippen LogP contribution in [0.4, 0.5) is 8.78 Å². The van der Waals surface area contributed by atoms with E-state index in [-0.39, 0.29) is 17.4 Å². The summed E-state index contributed by atoms with van der Waals surface area (Å²) in [7, 11) is 0. The number of thiophene rings is 2. The Morgan fingerprint density at radius 2 is 0.962 bits per heavy atom. The molecule has 0 atom stereocenters. The van der Waals surface area contributed by atoms with Crippen LogP contribution in [0.1, 0.15) is 14.5 Å². The van der Waals surface area contributed by atoms with Crippen molar-refractivity contribution in [2.24, 2.45) is 0 Å². The molecule has 0 N–H and O–H groups in total. The third kappa shape index (κ3) is 3.36. The van der Waals surface area contributed by atoms with Crippen molar-refractivity contribution in [1.82, 2.24) is 0 Å². The summed E-state index contributed by atoms with van der Waals surface area (Å²) in [5.41, 5.74) is 1.77. The second kappa shape index (κ2) is 6.94. The number of rotatable bonds is 4. The Balaban J connectivity index is 1.58. The molecule has 2 heterocycles. The lowest BCUT2D eigenvalue weighted by Gasteiger charge is -1.97. The molecule has 2 aromatic heterocycles. The van der Waals surface area contributed by atoms with E-state index in [1.54, 1.807) is 36.4 Å². The number of carbonyl (C=O) groups is 1. The van der Waals surface area contributed by atoms with Crippen molar-refractivity contribution in [2.45, 2.75) is 0 Å². The standard InChI is InChI=1S/C21H12F2OS2/c22-15-5-1-13(2-6-15)17-9-11-19(25-17)21(24)20-12-10-18(26-20)14-3-7-16(23)8-4-14/h1-12H. The zero-order valence-electron chi connectivity index (χ0n) is 13.4. The highest BCUT2D eigenvalue weighted by Gasteiger charge is 2.15. The molecular weight excluding hydrogens is 370 g/mol. The Hall–Kier alpha value is -2.63. The molecule has 26 heavy (non-hydrogen) atoms. The number of halogens is 2. The fraction of sp³-hybridized carbons (Fsp3) is 0. The molecular formula is C21H12F2OS2. The first-order valence-electron chi connectivity index (χ1n) is 7.86. The van der Waals surface area contributed by atoms with Gasteiger partial charge in [0.15, 0.2) is 0 Å². The summed E-state index contributed by atoms with van der Waals surface area (Å²) >= 11 is 2.77. The Labute approximate surface area is 157 Å². The van der Waals surface area contributed by atoms with Gasteiger partial charge in [0.05, 0.1) is 9.75 Å². The summed E-state index contributed by atoms with van der Waals surface area (Å²) in [4.78, 5) is 15.9. The van der Waals surface area contributed by atoms with Gasteiger partial charge in [0, 0.05) is 9.75 Å². The van der Waals surface area contributed by atoms with Gasteiger partial charge in [0.25, 0.3) is 0 Å². The molecule has 0 bridgehead atoms. The highest BCUT2D eigenvalue weighted by molar-refractivity contribution is 7.20. The largest absolute Gasteiger partial charge is 0.287 e. The number of benzene rings is 2. The summed E-state index contributed by atoms with van der Waals surface area (Å²) in [5.74, 6) is -0.608. The Morgan fingerprint density at radius 1 is 0.577 bits per heavy atom. The van der Waals surface area contributed by atoms with Crippen molar-refractivity contribution in [3.05, 3.63) is 94.2 Å². The average Bonchev–Trinajstić information content (AvgIpc) is 3.32. The lowest BCUT2D eigenvalue weighted by molar-refractivity contribution is 0.104. The van der Waals surface area contributed by atoms with Gasteiger partial charge in [-0.15, -0.1) is 22.7 Å². The quantitative estimate of drug-likeness (QED) is 0.361. The lowest BCUT2D eigenvalue weighted by atomic mass is 10.2. The number of hydrogen-bond acceptors (Lipinski definition) is 3. The van der Waals surface area contributed by atoms with Crippen LogP contribution in [0, 0.1) is 11.6 Å². The number of ketones is 1. The molecule has 0 radical (unpaired) electrons.